The predicted octanol–water partition coefficient (Wildman–Crippen LogP) is 3.75. The van der Waals surface area contributed by atoms with Gasteiger partial charge >= 0.3 is 0 Å². The van der Waals surface area contributed by atoms with Crippen molar-refractivity contribution in [1.82, 2.24) is 0 Å². The smallest absolute Gasteiger partial charge is 0.137 e. The minimum atomic E-state index is -0.220. The first-order valence-electron chi connectivity index (χ1n) is 5.62. The second kappa shape index (κ2) is 5.78. The summed E-state index contributed by atoms with van der Waals surface area (Å²) in [5, 5.41) is 0. The molecule has 0 aliphatic heterocycles. The highest BCUT2D eigenvalue weighted by molar-refractivity contribution is 9.10. The molecule has 0 aliphatic rings. The van der Waals surface area contributed by atoms with E-state index in [1.165, 1.54) is 6.07 Å². The predicted molar refractivity (Wildman–Crippen MR) is 69.8 cm³/mol. The van der Waals surface area contributed by atoms with Crippen LogP contribution in [0.5, 0.6) is 0 Å². The number of hydrogen-bond acceptors (Lipinski definition) is 1. The second-order valence-corrected chi connectivity index (χ2v) is 5.48. The molecule has 0 spiro atoms. The Morgan fingerprint density at radius 3 is 2.50 bits per heavy atom. The van der Waals surface area contributed by atoms with Crippen molar-refractivity contribution >= 4 is 15.9 Å². The molecule has 0 bridgehead atoms. The summed E-state index contributed by atoms with van der Waals surface area (Å²) >= 11 is 3.26. The van der Waals surface area contributed by atoms with Gasteiger partial charge in [0.05, 0.1) is 4.47 Å². The van der Waals surface area contributed by atoms with Gasteiger partial charge in [-0.05, 0) is 45.8 Å². The van der Waals surface area contributed by atoms with Gasteiger partial charge in [-0.15, -0.1) is 0 Å². The fourth-order valence-electron chi connectivity index (χ4n) is 1.64. The molecule has 0 saturated carbocycles. The van der Waals surface area contributed by atoms with E-state index in [2.05, 4.69) is 36.7 Å². The minimum absolute atomic E-state index is 0.0677. The summed E-state index contributed by atoms with van der Waals surface area (Å²) in [6.45, 7) is 6.46. The average Bonchev–Trinajstić information content (AvgIpc) is 2.23. The van der Waals surface area contributed by atoms with Crippen molar-refractivity contribution in [3.63, 3.8) is 0 Å². The van der Waals surface area contributed by atoms with E-state index in [0.29, 0.717) is 22.7 Å². The Hall–Kier alpha value is -0.410. The largest absolute Gasteiger partial charge is 0.327 e. The van der Waals surface area contributed by atoms with Gasteiger partial charge in [0.15, 0.2) is 0 Å². The Kier molecular flexibility index (Phi) is 4.93. The maximum absolute atomic E-state index is 13.3. The quantitative estimate of drug-likeness (QED) is 0.897. The lowest BCUT2D eigenvalue weighted by Gasteiger charge is -2.23. The Morgan fingerprint density at radius 2 is 1.94 bits per heavy atom. The SMILES string of the molecule is CC(C)C(C)C(N)Cc1cccc(F)c1Br. The van der Waals surface area contributed by atoms with Crippen LogP contribution >= 0.6 is 15.9 Å². The third kappa shape index (κ3) is 3.29. The minimum Gasteiger partial charge on any atom is -0.327 e. The van der Waals surface area contributed by atoms with Gasteiger partial charge in [0, 0.05) is 6.04 Å². The van der Waals surface area contributed by atoms with E-state index in [1.54, 1.807) is 6.07 Å². The molecule has 0 aromatic heterocycles. The zero-order chi connectivity index (χ0) is 12.3. The molecule has 0 fully saturated rings. The first-order chi connectivity index (χ1) is 7.43. The third-order valence-electron chi connectivity index (χ3n) is 3.21. The van der Waals surface area contributed by atoms with Crippen LogP contribution < -0.4 is 5.73 Å². The van der Waals surface area contributed by atoms with Crippen LogP contribution in [0.25, 0.3) is 0 Å². The number of nitrogens with two attached hydrogens (primary N) is 1. The first kappa shape index (κ1) is 13.7. The fraction of sp³-hybridized carbons (Fsp3) is 0.538. The molecule has 1 aromatic carbocycles. The van der Waals surface area contributed by atoms with Gasteiger partial charge in [-0.1, -0.05) is 32.9 Å². The van der Waals surface area contributed by atoms with E-state index in [1.807, 2.05) is 6.07 Å². The van der Waals surface area contributed by atoms with E-state index < -0.39 is 0 Å². The lowest BCUT2D eigenvalue weighted by atomic mass is 9.87. The topological polar surface area (TPSA) is 26.0 Å². The molecule has 0 saturated heterocycles. The molecule has 1 aromatic rings. The molecular formula is C13H19BrFN. The van der Waals surface area contributed by atoms with E-state index in [4.69, 9.17) is 5.73 Å². The van der Waals surface area contributed by atoms with Crippen molar-refractivity contribution in [2.75, 3.05) is 0 Å². The standard InChI is InChI=1S/C13H19BrFN/c1-8(2)9(3)12(16)7-10-5-4-6-11(15)13(10)14/h4-6,8-9,12H,7,16H2,1-3H3. The molecule has 16 heavy (non-hydrogen) atoms. The summed E-state index contributed by atoms with van der Waals surface area (Å²) in [7, 11) is 0. The lowest BCUT2D eigenvalue weighted by molar-refractivity contribution is 0.344. The van der Waals surface area contributed by atoms with Crippen molar-refractivity contribution in [3.05, 3.63) is 34.1 Å². The molecule has 1 rings (SSSR count). The molecule has 2 N–H and O–H groups in total. The zero-order valence-electron chi connectivity index (χ0n) is 10.0. The first-order valence-corrected chi connectivity index (χ1v) is 6.41. The van der Waals surface area contributed by atoms with E-state index >= 15 is 0 Å². The highest BCUT2D eigenvalue weighted by Crippen LogP contribution is 2.24. The van der Waals surface area contributed by atoms with Crippen molar-refractivity contribution in [2.24, 2.45) is 17.6 Å². The average molecular weight is 288 g/mol. The summed E-state index contributed by atoms with van der Waals surface area (Å²) in [5.41, 5.74) is 7.07. The van der Waals surface area contributed by atoms with Crippen molar-refractivity contribution in [3.8, 4) is 0 Å². The van der Waals surface area contributed by atoms with Crippen LogP contribution in [0.3, 0.4) is 0 Å². The molecule has 90 valence electrons. The Labute approximate surface area is 105 Å². The summed E-state index contributed by atoms with van der Waals surface area (Å²) in [4.78, 5) is 0. The molecule has 1 nitrogen and oxygen atoms in total. The van der Waals surface area contributed by atoms with E-state index in [-0.39, 0.29) is 11.9 Å². The van der Waals surface area contributed by atoms with Crippen molar-refractivity contribution < 1.29 is 4.39 Å². The van der Waals surface area contributed by atoms with Crippen LogP contribution in [0.4, 0.5) is 4.39 Å². The normalized spacial score (nSPS) is 15.2. The zero-order valence-corrected chi connectivity index (χ0v) is 11.6. The highest BCUT2D eigenvalue weighted by atomic mass is 79.9. The van der Waals surface area contributed by atoms with Crippen LogP contribution in [0.2, 0.25) is 0 Å². The second-order valence-electron chi connectivity index (χ2n) is 4.68. The summed E-state index contributed by atoms with van der Waals surface area (Å²) in [6, 6.07) is 5.16. The number of halogens is 2. The van der Waals surface area contributed by atoms with Gasteiger partial charge in [-0.2, -0.15) is 0 Å². The molecular weight excluding hydrogens is 269 g/mol. The molecule has 0 heterocycles. The Bertz CT molecular complexity index is 352. The van der Waals surface area contributed by atoms with Crippen LogP contribution in [0.15, 0.2) is 22.7 Å². The van der Waals surface area contributed by atoms with Crippen LogP contribution in [-0.4, -0.2) is 6.04 Å². The van der Waals surface area contributed by atoms with Gasteiger partial charge in [0.1, 0.15) is 5.82 Å². The molecule has 0 radical (unpaired) electrons. The van der Waals surface area contributed by atoms with Gasteiger partial charge < -0.3 is 5.73 Å². The third-order valence-corrected chi connectivity index (χ3v) is 4.10. The number of rotatable bonds is 4. The Balaban J connectivity index is 2.77. The maximum atomic E-state index is 13.3. The summed E-state index contributed by atoms with van der Waals surface area (Å²) in [5.74, 6) is 0.749. The van der Waals surface area contributed by atoms with E-state index in [9.17, 15) is 4.39 Å². The van der Waals surface area contributed by atoms with Gasteiger partial charge in [0.2, 0.25) is 0 Å². The lowest BCUT2D eigenvalue weighted by Crippen LogP contribution is -2.33. The maximum Gasteiger partial charge on any atom is 0.137 e. The van der Waals surface area contributed by atoms with E-state index in [0.717, 1.165) is 5.56 Å². The highest BCUT2D eigenvalue weighted by Gasteiger charge is 2.18. The van der Waals surface area contributed by atoms with Crippen LogP contribution in [0.1, 0.15) is 26.3 Å². The molecule has 0 amide bonds. The Morgan fingerprint density at radius 1 is 1.31 bits per heavy atom. The number of benzene rings is 1. The van der Waals surface area contributed by atoms with Gasteiger partial charge in [-0.25, -0.2) is 4.39 Å². The van der Waals surface area contributed by atoms with Crippen molar-refractivity contribution in [2.45, 2.75) is 33.2 Å². The fourth-order valence-corrected chi connectivity index (χ4v) is 2.07. The number of hydrogen-bond donors (Lipinski definition) is 1. The molecule has 3 heteroatoms. The summed E-state index contributed by atoms with van der Waals surface area (Å²) < 4.78 is 13.8. The summed E-state index contributed by atoms with van der Waals surface area (Å²) in [6.07, 6.45) is 0.706. The molecule has 2 atom stereocenters. The molecule has 2 unspecified atom stereocenters. The monoisotopic (exact) mass is 287 g/mol. The van der Waals surface area contributed by atoms with Gasteiger partial charge in [0.25, 0.3) is 0 Å². The molecule has 0 aliphatic carbocycles. The van der Waals surface area contributed by atoms with Crippen molar-refractivity contribution in [1.29, 1.82) is 0 Å². The van der Waals surface area contributed by atoms with Gasteiger partial charge in [-0.3, -0.25) is 0 Å². The van der Waals surface area contributed by atoms with Crippen LogP contribution in [0, 0.1) is 17.7 Å². The van der Waals surface area contributed by atoms with Crippen LogP contribution in [-0.2, 0) is 6.42 Å².